The van der Waals surface area contributed by atoms with E-state index in [0.29, 0.717) is 27.9 Å². The SMILES string of the molecule is Cc1ccnc(-n2c(S[C@H](C)C(=O)NC3CC3)nc3ccccc3c2=O)c1. The lowest BCUT2D eigenvalue weighted by Crippen LogP contribution is -2.33. The number of nitrogens with zero attached hydrogens (tertiary/aromatic N) is 3. The van der Waals surface area contributed by atoms with Gasteiger partial charge in [0.1, 0.15) is 5.82 Å². The Balaban J connectivity index is 1.81. The van der Waals surface area contributed by atoms with E-state index in [1.807, 2.05) is 44.2 Å². The van der Waals surface area contributed by atoms with Crippen LogP contribution in [0.25, 0.3) is 16.7 Å². The highest BCUT2D eigenvalue weighted by Gasteiger charge is 2.27. The molecule has 1 atom stereocenters. The smallest absolute Gasteiger partial charge is 0.267 e. The lowest BCUT2D eigenvalue weighted by molar-refractivity contribution is -0.120. The van der Waals surface area contributed by atoms with Gasteiger partial charge in [0.25, 0.3) is 5.56 Å². The van der Waals surface area contributed by atoms with E-state index in [4.69, 9.17) is 0 Å². The molecule has 1 fully saturated rings. The van der Waals surface area contributed by atoms with E-state index in [2.05, 4.69) is 15.3 Å². The van der Waals surface area contributed by atoms with Crippen molar-refractivity contribution in [2.45, 2.75) is 43.1 Å². The van der Waals surface area contributed by atoms with Gasteiger partial charge in [-0.2, -0.15) is 0 Å². The van der Waals surface area contributed by atoms with Crippen LogP contribution in [0.2, 0.25) is 0 Å². The Morgan fingerprint density at radius 3 is 2.81 bits per heavy atom. The van der Waals surface area contributed by atoms with Gasteiger partial charge in [0, 0.05) is 12.2 Å². The molecular weight excluding hydrogens is 360 g/mol. The van der Waals surface area contributed by atoms with Crippen LogP contribution in [0.3, 0.4) is 0 Å². The summed E-state index contributed by atoms with van der Waals surface area (Å²) in [6.45, 7) is 3.78. The number of thioether (sulfide) groups is 1. The number of pyridine rings is 1. The number of carbonyl (C=O) groups excluding carboxylic acids is 1. The van der Waals surface area contributed by atoms with E-state index in [-0.39, 0.29) is 16.7 Å². The van der Waals surface area contributed by atoms with Crippen LogP contribution in [-0.2, 0) is 4.79 Å². The molecule has 2 aromatic heterocycles. The van der Waals surface area contributed by atoms with Gasteiger partial charge in [0.2, 0.25) is 5.91 Å². The van der Waals surface area contributed by atoms with Crippen LogP contribution in [0.1, 0.15) is 25.3 Å². The minimum Gasteiger partial charge on any atom is -0.352 e. The van der Waals surface area contributed by atoms with E-state index in [1.165, 1.54) is 16.3 Å². The first-order chi connectivity index (χ1) is 13.0. The summed E-state index contributed by atoms with van der Waals surface area (Å²) >= 11 is 1.28. The van der Waals surface area contributed by atoms with Gasteiger partial charge >= 0.3 is 0 Å². The van der Waals surface area contributed by atoms with Crippen LogP contribution in [-0.4, -0.2) is 31.7 Å². The summed E-state index contributed by atoms with van der Waals surface area (Å²) in [6.07, 6.45) is 3.74. The van der Waals surface area contributed by atoms with Gasteiger partial charge in [0.15, 0.2) is 5.16 Å². The van der Waals surface area contributed by atoms with Gasteiger partial charge in [-0.3, -0.25) is 9.59 Å². The van der Waals surface area contributed by atoms with Crippen molar-refractivity contribution in [2.75, 3.05) is 0 Å². The van der Waals surface area contributed by atoms with Crippen LogP contribution >= 0.6 is 11.8 Å². The van der Waals surface area contributed by atoms with Crippen molar-refractivity contribution in [3.05, 3.63) is 58.5 Å². The number of hydrogen-bond donors (Lipinski definition) is 1. The molecular formula is C20H20N4O2S. The third-order valence-electron chi connectivity index (χ3n) is 4.45. The molecule has 7 heteroatoms. The van der Waals surface area contributed by atoms with Gasteiger partial charge in [0.05, 0.1) is 16.2 Å². The number of rotatable bonds is 5. The van der Waals surface area contributed by atoms with Gasteiger partial charge < -0.3 is 5.32 Å². The number of benzene rings is 1. The fourth-order valence-corrected chi connectivity index (χ4v) is 3.72. The third kappa shape index (κ3) is 3.73. The molecule has 6 nitrogen and oxygen atoms in total. The summed E-state index contributed by atoms with van der Waals surface area (Å²) in [5.74, 6) is 0.476. The Morgan fingerprint density at radius 1 is 1.30 bits per heavy atom. The molecule has 0 unspecified atom stereocenters. The van der Waals surface area contributed by atoms with Crippen LogP contribution in [0.4, 0.5) is 0 Å². The predicted molar refractivity (Wildman–Crippen MR) is 106 cm³/mol. The molecule has 138 valence electrons. The Hall–Kier alpha value is -2.67. The lowest BCUT2D eigenvalue weighted by Gasteiger charge is -2.16. The zero-order valence-electron chi connectivity index (χ0n) is 15.2. The summed E-state index contributed by atoms with van der Waals surface area (Å²) < 4.78 is 1.50. The summed E-state index contributed by atoms with van der Waals surface area (Å²) in [4.78, 5) is 34.6. The van der Waals surface area contributed by atoms with E-state index in [0.717, 1.165) is 18.4 Å². The Bertz CT molecular complexity index is 1080. The number of para-hydroxylation sites is 1. The first kappa shape index (κ1) is 17.7. The van der Waals surface area contributed by atoms with Crippen LogP contribution in [0.15, 0.2) is 52.5 Å². The molecule has 0 radical (unpaired) electrons. The summed E-state index contributed by atoms with van der Waals surface area (Å²) in [6, 6.07) is 11.3. The number of aromatic nitrogens is 3. The molecule has 0 aliphatic heterocycles. The van der Waals surface area contributed by atoms with Crippen LogP contribution in [0, 0.1) is 6.92 Å². The van der Waals surface area contributed by atoms with Crippen molar-refractivity contribution in [1.29, 1.82) is 0 Å². The highest BCUT2D eigenvalue weighted by Crippen LogP contribution is 2.26. The van der Waals surface area contributed by atoms with E-state index >= 15 is 0 Å². The fourth-order valence-electron chi connectivity index (χ4n) is 2.79. The second-order valence-corrected chi connectivity index (χ2v) is 8.09. The van der Waals surface area contributed by atoms with Crippen molar-refractivity contribution < 1.29 is 4.79 Å². The number of amides is 1. The number of fused-ring (bicyclic) bond motifs is 1. The van der Waals surface area contributed by atoms with Crippen LogP contribution < -0.4 is 10.9 Å². The minimum atomic E-state index is -0.366. The van der Waals surface area contributed by atoms with Crippen molar-refractivity contribution in [2.24, 2.45) is 0 Å². The molecule has 0 bridgehead atoms. The highest BCUT2D eigenvalue weighted by atomic mass is 32.2. The van der Waals surface area contributed by atoms with E-state index in [9.17, 15) is 9.59 Å². The largest absolute Gasteiger partial charge is 0.352 e. The van der Waals surface area contributed by atoms with Gasteiger partial charge in [-0.05, 0) is 56.5 Å². The monoisotopic (exact) mass is 380 g/mol. The highest BCUT2D eigenvalue weighted by molar-refractivity contribution is 8.00. The van der Waals surface area contributed by atoms with Crippen molar-refractivity contribution in [3.63, 3.8) is 0 Å². The molecule has 2 heterocycles. The maximum absolute atomic E-state index is 13.2. The zero-order chi connectivity index (χ0) is 19.0. The first-order valence-electron chi connectivity index (χ1n) is 8.95. The van der Waals surface area contributed by atoms with Crippen LogP contribution in [0.5, 0.6) is 0 Å². The average molecular weight is 380 g/mol. The molecule has 27 heavy (non-hydrogen) atoms. The number of hydrogen-bond acceptors (Lipinski definition) is 5. The molecule has 1 aliphatic rings. The lowest BCUT2D eigenvalue weighted by atomic mass is 10.2. The molecule has 1 saturated carbocycles. The first-order valence-corrected chi connectivity index (χ1v) is 9.83. The average Bonchev–Trinajstić information content (AvgIpc) is 3.46. The topological polar surface area (TPSA) is 76.9 Å². The minimum absolute atomic E-state index is 0.0336. The predicted octanol–water partition coefficient (Wildman–Crippen LogP) is 2.85. The van der Waals surface area contributed by atoms with Gasteiger partial charge in [-0.25, -0.2) is 14.5 Å². The van der Waals surface area contributed by atoms with E-state index in [1.54, 1.807) is 12.3 Å². The molecule has 0 spiro atoms. The molecule has 1 N–H and O–H groups in total. The molecule has 4 rings (SSSR count). The summed E-state index contributed by atoms with van der Waals surface area (Å²) in [5.41, 5.74) is 1.43. The van der Waals surface area contributed by atoms with Crippen molar-refractivity contribution in [3.8, 4) is 5.82 Å². The molecule has 3 aromatic rings. The standard InChI is InChI=1S/C20H20N4O2S/c1-12-9-10-21-17(11-12)24-19(26)15-5-3-4-6-16(15)23-20(24)27-13(2)18(25)22-14-7-8-14/h3-6,9-11,13-14H,7-8H2,1-2H3,(H,22,25)/t13-/m1/s1. The third-order valence-corrected chi connectivity index (χ3v) is 5.50. The second-order valence-electron chi connectivity index (χ2n) is 6.79. The second kappa shape index (κ2) is 7.15. The van der Waals surface area contributed by atoms with Gasteiger partial charge in [-0.15, -0.1) is 0 Å². The molecule has 1 amide bonds. The number of carbonyl (C=O) groups is 1. The van der Waals surface area contributed by atoms with E-state index < -0.39 is 0 Å². The molecule has 1 aliphatic carbocycles. The quantitative estimate of drug-likeness (QED) is 0.544. The molecule has 1 aromatic carbocycles. The summed E-state index contributed by atoms with van der Waals surface area (Å²) in [5, 5.41) is 3.63. The summed E-state index contributed by atoms with van der Waals surface area (Å²) in [7, 11) is 0. The normalized spacial score (nSPS) is 14.9. The van der Waals surface area contributed by atoms with Crippen molar-refractivity contribution in [1.82, 2.24) is 19.9 Å². The molecule has 0 saturated heterocycles. The Morgan fingerprint density at radius 2 is 2.07 bits per heavy atom. The number of nitrogens with one attached hydrogen (secondary N) is 1. The van der Waals surface area contributed by atoms with Gasteiger partial charge in [-0.1, -0.05) is 23.9 Å². The number of aryl methyl sites for hydroxylation is 1. The Labute approximate surface area is 161 Å². The maximum Gasteiger partial charge on any atom is 0.267 e. The fraction of sp³-hybridized carbons (Fsp3) is 0.300. The zero-order valence-corrected chi connectivity index (χ0v) is 16.0. The van der Waals surface area contributed by atoms with Crippen molar-refractivity contribution >= 4 is 28.6 Å². The maximum atomic E-state index is 13.2. The Kier molecular flexibility index (Phi) is 4.70.